The minimum Gasteiger partial charge on any atom is -0.494 e. The molecule has 5 rings (SSSR count). The van der Waals surface area contributed by atoms with Crippen LogP contribution in [-0.2, 0) is 29.1 Å². The molecule has 2 aliphatic heterocycles. The average Bonchev–Trinajstić information content (AvgIpc) is 3.10. The van der Waals surface area contributed by atoms with E-state index >= 15 is 0 Å². The molecule has 1 aromatic heterocycles. The van der Waals surface area contributed by atoms with Crippen LogP contribution in [0.3, 0.4) is 0 Å². The highest BCUT2D eigenvalue weighted by Gasteiger charge is 2.56. The number of carbonyl (C=O) groups is 2. The van der Waals surface area contributed by atoms with Gasteiger partial charge in [-0.2, -0.15) is 0 Å². The summed E-state index contributed by atoms with van der Waals surface area (Å²) in [5.41, 5.74) is 0. The van der Waals surface area contributed by atoms with Crippen LogP contribution in [0.5, 0.6) is 5.75 Å². The van der Waals surface area contributed by atoms with Crippen molar-refractivity contribution in [3.63, 3.8) is 0 Å². The second kappa shape index (κ2) is 11.9. The van der Waals surface area contributed by atoms with Crippen LogP contribution in [0.25, 0.3) is 10.8 Å². The van der Waals surface area contributed by atoms with Gasteiger partial charge in [-0.1, -0.05) is 12.1 Å². The van der Waals surface area contributed by atoms with E-state index in [0.29, 0.717) is 36.1 Å². The van der Waals surface area contributed by atoms with Gasteiger partial charge in [0.1, 0.15) is 11.6 Å². The van der Waals surface area contributed by atoms with Gasteiger partial charge in [0.25, 0.3) is 0 Å². The van der Waals surface area contributed by atoms with E-state index < -0.39 is 27.9 Å². The number of carbonyl (C=O) groups excluding carboxylic acids is 2. The highest BCUT2D eigenvalue weighted by atomic mass is 32.2. The number of benzene rings is 2. The van der Waals surface area contributed by atoms with Gasteiger partial charge in [-0.25, -0.2) is 22.4 Å². The molecule has 0 bridgehead atoms. The lowest BCUT2D eigenvalue weighted by atomic mass is 10.0. The highest BCUT2D eigenvalue weighted by molar-refractivity contribution is 7.89. The Hall–Kier alpha value is -3.87. The van der Waals surface area contributed by atoms with Gasteiger partial charge in [0.15, 0.2) is 0 Å². The van der Waals surface area contributed by atoms with Gasteiger partial charge in [0.05, 0.1) is 17.9 Å². The number of rotatable bonds is 9. The maximum Gasteiger partial charge on any atom is 0.335 e. The standard InChI is InChI=1S/C29H30FN3O7S/c1-32(16-2-3-18-38-24-9-7-22(30)8-10-24)23-14-17-33(29(19-23)39-27(34)11-12-28(35)40-29)41(36,37)26-6-4-5-21-20-31-15-13-25(21)26/h4-13,15,20,23H,2-3,14,16-19H2,1H3. The van der Waals surface area contributed by atoms with Gasteiger partial charge in [-0.05, 0) is 69.3 Å². The molecule has 2 aromatic carbocycles. The first kappa shape index (κ1) is 28.7. The summed E-state index contributed by atoms with van der Waals surface area (Å²) in [5, 5.41) is 1.07. The van der Waals surface area contributed by atoms with Crippen LogP contribution in [-0.4, -0.2) is 73.2 Å². The zero-order chi connectivity index (χ0) is 29.0. The molecule has 1 fully saturated rings. The topological polar surface area (TPSA) is 115 Å². The predicted octanol–water partition coefficient (Wildman–Crippen LogP) is 3.63. The number of piperidine rings is 1. The van der Waals surface area contributed by atoms with Crippen molar-refractivity contribution in [3.05, 3.63) is 78.9 Å². The molecule has 0 N–H and O–H groups in total. The quantitative estimate of drug-likeness (QED) is 0.275. The van der Waals surface area contributed by atoms with Crippen LogP contribution in [0.1, 0.15) is 25.7 Å². The summed E-state index contributed by atoms with van der Waals surface area (Å²) in [6, 6.07) is 12.0. The van der Waals surface area contributed by atoms with Crippen LogP contribution in [0, 0.1) is 5.82 Å². The third-order valence-corrected chi connectivity index (χ3v) is 9.19. The van der Waals surface area contributed by atoms with E-state index in [1.807, 2.05) is 11.9 Å². The maximum absolute atomic E-state index is 14.1. The molecule has 41 heavy (non-hydrogen) atoms. The summed E-state index contributed by atoms with van der Waals surface area (Å²) in [6.07, 6.45) is 6.75. The molecule has 0 amide bonds. The lowest BCUT2D eigenvalue weighted by Gasteiger charge is -2.46. The number of hydrogen-bond acceptors (Lipinski definition) is 9. The molecule has 2 aliphatic rings. The first-order chi connectivity index (χ1) is 19.7. The fourth-order valence-corrected chi connectivity index (χ4v) is 6.96. The fourth-order valence-electron chi connectivity index (χ4n) is 5.15. The van der Waals surface area contributed by atoms with Crippen molar-refractivity contribution in [2.45, 2.75) is 42.5 Å². The van der Waals surface area contributed by atoms with Crippen LogP contribution in [0.2, 0.25) is 0 Å². The number of nitrogens with zero attached hydrogens (tertiary/aromatic N) is 3. The zero-order valence-corrected chi connectivity index (χ0v) is 23.3. The minimum absolute atomic E-state index is 0.00552. The number of hydrogen-bond donors (Lipinski definition) is 0. The Morgan fingerprint density at radius 1 is 1.07 bits per heavy atom. The number of pyridine rings is 1. The largest absolute Gasteiger partial charge is 0.494 e. The Kier molecular flexibility index (Phi) is 8.34. The Balaban J connectivity index is 1.33. The first-order valence-electron chi connectivity index (χ1n) is 13.3. The smallest absolute Gasteiger partial charge is 0.335 e. The number of sulfonamides is 1. The van der Waals surface area contributed by atoms with Crippen molar-refractivity contribution in [1.82, 2.24) is 14.2 Å². The molecule has 12 heteroatoms. The summed E-state index contributed by atoms with van der Waals surface area (Å²) < 4.78 is 59.2. The van der Waals surface area contributed by atoms with Gasteiger partial charge in [-0.15, -0.1) is 4.31 Å². The van der Waals surface area contributed by atoms with Crippen LogP contribution < -0.4 is 4.74 Å². The molecule has 1 saturated heterocycles. The predicted molar refractivity (Wildman–Crippen MR) is 146 cm³/mol. The molecule has 10 nitrogen and oxygen atoms in total. The number of esters is 2. The maximum atomic E-state index is 14.1. The summed E-state index contributed by atoms with van der Waals surface area (Å²) in [4.78, 5) is 31.2. The number of halogens is 1. The van der Waals surface area contributed by atoms with E-state index in [2.05, 4.69) is 4.98 Å². The zero-order valence-electron chi connectivity index (χ0n) is 22.4. The van der Waals surface area contributed by atoms with E-state index in [1.54, 1.807) is 36.5 Å². The highest BCUT2D eigenvalue weighted by Crippen LogP contribution is 2.39. The first-order valence-corrected chi connectivity index (χ1v) is 14.7. The summed E-state index contributed by atoms with van der Waals surface area (Å²) >= 11 is 0. The number of ether oxygens (including phenoxy) is 3. The molecule has 0 aliphatic carbocycles. The summed E-state index contributed by atoms with van der Waals surface area (Å²) in [6.45, 7) is 1.03. The fraction of sp³-hybridized carbons (Fsp3) is 0.345. The van der Waals surface area contributed by atoms with Crippen LogP contribution >= 0.6 is 0 Å². The van der Waals surface area contributed by atoms with E-state index in [9.17, 15) is 22.4 Å². The Labute approximate surface area is 237 Å². The van der Waals surface area contributed by atoms with E-state index in [1.165, 1.54) is 24.4 Å². The van der Waals surface area contributed by atoms with Gasteiger partial charge in [-0.3, -0.25) is 4.98 Å². The normalized spacial score (nSPS) is 19.2. The molecular weight excluding hydrogens is 553 g/mol. The van der Waals surface area contributed by atoms with E-state index in [4.69, 9.17) is 14.2 Å². The van der Waals surface area contributed by atoms with Crippen molar-refractivity contribution < 1.29 is 36.6 Å². The Morgan fingerprint density at radius 2 is 1.80 bits per heavy atom. The molecule has 1 unspecified atom stereocenters. The molecular formula is C29H30FN3O7S. The molecule has 3 aromatic rings. The average molecular weight is 584 g/mol. The van der Waals surface area contributed by atoms with Gasteiger partial charge >= 0.3 is 17.8 Å². The van der Waals surface area contributed by atoms with Crippen molar-refractivity contribution in [2.75, 3.05) is 26.7 Å². The van der Waals surface area contributed by atoms with Crippen molar-refractivity contribution in [3.8, 4) is 5.75 Å². The monoisotopic (exact) mass is 583 g/mol. The van der Waals surface area contributed by atoms with E-state index in [0.717, 1.165) is 29.3 Å². The number of fused-ring (bicyclic) bond motifs is 1. The third-order valence-electron chi connectivity index (χ3n) is 7.23. The number of aromatic nitrogens is 1. The Morgan fingerprint density at radius 3 is 2.54 bits per heavy atom. The van der Waals surface area contributed by atoms with Crippen molar-refractivity contribution >= 4 is 32.7 Å². The van der Waals surface area contributed by atoms with Crippen LogP contribution in [0.15, 0.2) is 78.0 Å². The molecule has 1 atom stereocenters. The van der Waals surface area contributed by atoms with E-state index in [-0.39, 0.29) is 29.7 Å². The molecule has 0 radical (unpaired) electrons. The molecule has 216 valence electrons. The lowest BCUT2D eigenvalue weighted by molar-refractivity contribution is -0.277. The minimum atomic E-state index is -4.30. The Bertz CT molecular complexity index is 1540. The lowest BCUT2D eigenvalue weighted by Crippen LogP contribution is -2.63. The molecule has 3 heterocycles. The third kappa shape index (κ3) is 6.24. The van der Waals surface area contributed by atoms with Gasteiger partial charge < -0.3 is 19.1 Å². The summed E-state index contributed by atoms with van der Waals surface area (Å²) in [7, 11) is -2.41. The second-order valence-corrected chi connectivity index (χ2v) is 11.8. The SMILES string of the molecule is CN(CCCCOc1ccc(F)cc1)C1CCN(S(=O)(=O)c2cccc3cnccc23)C2(C1)OC(=O)C=CC(=O)O2. The van der Waals surface area contributed by atoms with Crippen molar-refractivity contribution in [1.29, 1.82) is 0 Å². The number of unbranched alkanes of at least 4 members (excludes halogenated alkanes) is 1. The molecule has 1 spiro atoms. The second-order valence-electron chi connectivity index (χ2n) is 9.96. The molecule has 0 saturated carbocycles. The van der Waals surface area contributed by atoms with Crippen molar-refractivity contribution in [2.24, 2.45) is 0 Å². The van der Waals surface area contributed by atoms with Gasteiger partial charge in [0.2, 0.25) is 10.0 Å². The van der Waals surface area contributed by atoms with Crippen LogP contribution in [0.4, 0.5) is 4.39 Å². The summed E-state index contributed by atoms with van der Waals surface area (Å²) in [5.74, 6) is -3.65. The van der Waals surface area contributed by atoms with Gasteiger partial charge in [0, 0.05) is 47.9 Å².